The zero-order chi connectivity index (χ0) is 14.3. The summed E-state index contributed by atoms with van der Waals surface area (Å²) in [5, 5.41) is 6.10. The van der Waals surface area contributed by atoms with Crippen molar-refractivity contribution < 1.29 is 9.53 Å². The lowest BCUT2D eigenvalue weighted by molar-refractivity contribution is 0.0944. The Morgan fingerprint density at radius 2 is 2.16 bits per heavy atom. The van der Waals surface area contributed by atoms with Crippen molar-refractivity contribution >= 4 is 17.3 Å². The molecule has 0 bridgehead atoms. The average molecular weight is 265 g/mol. The standard InChI is InChI=1S/C14H23N3O2/c1-10(2)17-14(18)12-9-11(15)5-6-13(12)16-7-4-8-19-3/h5-6,9-10,16H,4,7-8,15H2,1-3H3,(H,17,18). The molecule has 0 aliphatic rings. The molecule has 4 N–H and O–H groups in total. The van der Waals surface area contributed by atoms with Gasteiger partial charge in [0.05, 0.1) is 5.56 Å². The minimum atomic E-state index is -0.114. The van der Waals surface area contributed by atoms with Gasteiger partial charge in [-0.3, -0.25) is 4.79 Å². The van der Waals surface area contributed by atoms with E-state index >= 15 is 0 Å². The molecular weight excluding hydrogens is 242 g/mol. The van der Waals surface area contributed by atoms with Crippen LogP contribution in [0, 0.1) is 0 Å². The monoisotopic (exact) mass is 265 g/mol. The van der Waals surface area contributed by atoms with E-state index in [-0.39, 0.29) is 11.9 Å². The second-order valence-electron chi connectivity index (χ2n) is 4.71. The lowest BCUT2D eigenvalue weighted by atomic mass is 10.1. The van der Waals surface area contributed by atoms with Crippen LogP contribution in [0.25, 0.3) is 0 Å². The Hall–Kier alpha value is -1.75. The second-order valence-corrected chi connectivity index (χ2v) is 4.71. The lowest BCUT2D eigenvalue weighted by Crippen LogP contribution is -2.30. The van der Waals surface area contributed by atoms with Crippen molar-refractivity contribution in [1.29, 1.82) is 0 Å². The third kappa shape index (κ3) is 5.18. The molecule has 0 atom stereocenters. The summed E-state index contributed by atoms with van der Waals surface area (Å²) in [5.74, 6) is -0.114. The van der Waals surface area contributed by atoms with Crippen molar-refractivity contribution in [2.75, 3.05) is 31.3 Å². The molecule has 0 unspecified atom stereocenters. The fourth-order valence-corrected chi connectivity index (χ4v) is 1.68. The zero-order valence-electron chi connectivity index (χ0n) is 11.8. The molecule has 0 aliphatic carbocycles. The molecule has 0 fully saturated rings. The maximum Gasteiger partial charge on any atom is 0.253 e. The van der Waals surface area contributed by atoms with Gasteiger partial charge in [-0.1, -0.05) is 0 Å². The Morgan fingerprint density at radius 3 is 2.79 bits per heavy atom. The normalized spacial score (nSPS) is 10.5. The predicted molar refractivity (Wildman–Crippen MR) is 78.4 cm³/mol. The number of hydrogen-bond donors (Lipinski definition) is 3. The Labute approximate surface area is 114 Å². The van der Waals surface area contributed by atoms with E-state index in [0.29, 0.717) is 17.9 Å². The largest absolute Gasteiger partial charge is 0.399 e. The number of nitrogen functional groups attached to an aromatic ring is 1. The molecule has 1 aromatic carbocycles. The highest BCUT2D eigenvalue weighted by Crippen LogP contribution is 2.19. The van der Waals surface area contributed by atoms with Crippen molar-refractivity contribution in [3.8, 4) is 0 Å². The average Bonchev–Trinajstić information content (AvgIpc) is 2.35. The molecule has 0 aliphatic heterocycles. The Balaban J connectivity index is 2.76. The molecule has 0 radical (unpaired) electrons. The van der Waals surface area contributed by atoms with Crippen LogP contribution in [0.3, 0.4) is 0 Å². The Bertz CT molecular complexity index is 419. The van der Waals surface area contributed by atoms with E-state index in [4.69, 9.17) is 10.5 Å². The third-order valence-electron chi connectivity index (χ3n) is 2.55. The summed E-state index contributed by atoms with van der Waals surface area (Å²) in [6, 6.07) is 5.40. The van der Waals surface area contributed by atoms with Crippen LogP contribution in [0.5, 0.6) is 0 Å². The van der Waals surface area contributed by atoms with Gasteiger partial charge in [0.25, 0.3) is 5.91 Å². The Morgan fingerprint density at radius 1 is 1.42 bits per heavy atom. The molecule has 106 valence electrons. The first-order valence-electron chi connectivity index (χ1n) is 6.47. The van der Waals surface area contributed by atoms with Gasteiger partial charge in [-0.25, -0.2) is 0 Å². The molecular formula is C14H23N3O2. The van der Waals surface area contributed by atoms with Crippen molar-refractivity contribution in [2.24, 2.45) is 0 Å². The van der Waals surface area contributed by atoms with Gasteiger partial charge in [0.15, 0.2) is 0 Å². The van der Waals surface area contributed by atoms with E-state index in [2.05, 4.69) is 10.6 Å². The first-order chi connectivity index (χ1) is 9.04. The SMILES string of the molecule is COCCCNc1ccc(N)cc1C(=O)NC(C)C. The fraction of sp³-hybridized carbons (Fsp3) is 0.500. The fourth-order valence-electron chi connectivity index (χ4n) is 1.68. The first kappa shape index (κ1) is 15.3. The number of rotatable bonds is 7. The molecule has 0 aromatic heterocycles. The number of benzene rings is 1. The van der Waals surface area contributed by atoms with E-state index in [1.54, 1.807) is 19.2 Å². The molecule has 0 heterocycles. The van der Waals surface area contributed by atoms with Gasteiger partial charge >= 0.3 is 0 Å². The Kier molecular flexibility index (Phi) is 6.15. The van der Waals surface area contributed by atoms with Gasteiger partial charge in [0, 0.05) is 37.7 Å². The molecule has 5 nitrogen and oxygen atoms in total. The third-order valence-corrected chi connectivity index (χ3v) is 2.55. The molecule has 1 rings (SSSR count). The van der Waals surface area contributed by atoms with E-state index < -0.39 is 0 Å². The van der Waals surface area contributed by atoms with Crippen LogP contribution in [0.1, 0.15) is 30.6 Å². The second kappa shape index (κ2) is 7.63. The quantitative estimate of drug-likeness (QED) is 0.519. The molecule has 0 spiro atoms. The summed E-state index contributed by atoms with van der Waals surface area (Å²) >= 11 is 0. The summed E-state index contributed by atoms with van der Waals surface area (Å²) in [5.41, 5.74) is 7.69. The van der Waals surface area contributed by atoms with E-state index in [0.717, 1.165) is 18.7 Å². The van der Waals surface area contributed by atoms with Crippen LogP contribution in [-0.2, 0) is 4.74 Å². The molecule has 19 heavy (non-hydrogen) atoms. The first-order valence-corrected chi connectivity index (χ1v) is 6.47. The van der Waals surface area contributed by atoms with Crippen LogP contribution in [-0.4, -0.2) is 32.2 Å². The minimum absolute atomic E-state index is 0.0928. The zero-order valence-corrected chi connectivity index (χ0v) is 11.8. The molecule has 1 aromatic rings. The van der Waals surface area contributed by atoms with Gasteiger partial charge < -0.3 is 21.1 Å². The van der Waals surface area contributed by atoms with Gasteiger partial charge in [0.1, 0.15) is 0 Å². The number of nitrogens with one attached hydrogen (secondary N) is 2. The number of anilines is 2. The van der Waals surface area contributed by atoms with Crippen LogP contribution in [0.4, 0.5) is 11.4 Å². The van der Waals surface area contributed by atoms with Crippen LogP contribution in [0.2, 0.25) is 0 Å². The van der Waals surface area contributed by atoms with Gasteiger partial charge in [-0.15, -0.1) is 0 Å². The van der Waals surface area contributed by atoms with E-state index in [1.165, 1.54) is 0 Å². The number of nitrogens with two attached hydrogens (primary N) is 1. The molecule has 0 saturated carbocycles. The van der Waals surface area contributed by atoms with Crippen LogP contribution in [0.15, 0.2) is 18.2 Å². The maximum atomic E-state index is 12.1. The number of hydrogen-bond acceptors (Lipinski definition) is 4. The summed E-state index contributed by atoms with van der Waals surface area (Å²) in [6.45, 7) is 5.29. The lowest BCUT2D eigenvalue weighted by Gasteiger charge is -2.14. The number of amides is 1. The number of carbonyl (C=O) groups is 1. The highest BCUT2D eigenvalue weighted by Gasteiger charge is 2.12. The van der Waals surface area contributed by atoms with E-state index in [1.807, 2.05) is 19.9 Å². The van der Waals surface area contributed by atoms with Crippen molar-refractivity contribution in [3.63, 3.8) is 0 Å². The van der Waals surface area contributed by atoms with Gasteiger partial charge in [-0.2, -0.15) is 0 Å². The predicted octanol–water partition coefficient (Wildman–Crippen LogP) is 1.86. The van der Waals surface area contributed by atoms with Crippen LogP contribution >= 0.6 is 0 Å². The molecule has 5 heteroatoms. The topological polar surface area (TPSA) is 76.4 Å². The van der Waals surface area contributed by atoms with Crippen molar-refractivity contribution in [2.45, 2.75) is 26.3 Å². The van der Waals surface area contributed by atoms with Crippen molar-refractivity contribution in [1.82, 2.24) is 5.32 Å². The van der Waals surface area contributed by atoms with Crippen molar-refractivity contribution in [3.05, 3.63) is 23.8 Å². The highest BCUT2D eigenvalue weighted by molar-refractivity contribution is 6.00. The summed E-state index contributed by atoms with van der Waals surface area (Å²) in [7, 11) is 1.67. The number of ether oxygens (including phenoxy) is 1. The maximum absolute atomic E-state index is 12.1. The van der Waals surface area contributed by atoms with E-state index in [9.17, 15) is 4.79 Å². The summed E-state index contributed by atoms with van der Waals surface area (Å²) in [6.07, 6.45) is 0.881. The molecule has 0 saturated heterocycles. The summed E-state index contributed by atoms with van der Waals surface area (Å²) < 4.78 is 4.99. The number of carbonyl (C=O) groups excluding carboxylic acids is 1. The highest BCUT2D eigenvalue weighted by atomic mass is 16.5. The van der Waals surface area contributed by atoms with Gasteiger partial charge in [0.2, 0.25) is 0 Å². The van der Waals surface area contributed by atoms with Gasteiger partial charge in [-0.05, 0) is 38.5 Å². The number of methoxy groups -OCH3 is 1. The minimum Gasteiger partial charge on any atom is -0.399 e. The summed E-state index contributed by atoms with van der Waals surface area (Å²) in [4.78, 5) is 12.1. The molecule has 1 amide bonds. The smallest absolute Gasteiger partial charge is 0.253 e. The van der Waals surface area contributed by atoms with Crippen LogP contribution < -0.4 is 16.4 Å².